The highest BCUT2D eigenvalue weighted by atomic mass is 32.1. The number of aromatic nitrogens is 1. The Morgan fingerprint density at radius 2 is 2.08 bits per heavy atom. The summed E-state index contributed by atoms with van der Waals surface area (Å²) in [6.45, 7) is 7.07. The lowest BCUT2D eigenvalue weighted by Gasteiger charge is -2.20. The van der Waals surface area contributed by atoms with Crippen molar-refractivity contribution in [3.63, 3.8) is 0 Å². The number of amides is 1. The first kappa shape index (κ1) is 18.4. The van der Waals surface area contributed by atoms with Gasteiger partial charge < -0.3 is 14.4 Å². The van der Waals surface area contributed by atoms with Crippen molar-refractivity contribution in [3.8, 4) is 0 Å². The van der Waals surface area contributed by atoms with Gasteiger partial charge in [0.1, 0.15) is 15.6 Å². The van der Waals surface area contributed by atoms with E-state index in [0.717, 1.165) is 30.1 Å². The van der Waals surface area contributed by atoms with Crippen LogP contribution in [0, 0.1) is 0 Å². The summed E-state index contributed by atoms with van der Waals surface area (Å²) in [5.41, 5.74) is 0.545. The van der Waals surface area contributed by atoms with Gasteiger partial charge in [0.2, 0.25) is 0 Å². The molecule has 8 heteroatoms. The molecule has 1 aromatic heterocycles. The molecule has 0 saturated carbocycles. The van der Waals surface area contributed by atoms with Crippen molar-refractivity contribution in [1.82, 2.24) is 9.88 Å². The molecule has 0 bridgehead atoms. The van der Waals surface area contributed by atoms with E-state index >= 15 is 0 Å². The summed E-state index contributed by atoms with van der Waals surface area (Å²) in [6, 6.07) is 0. The minimum Gasteiger partial charge on any atom is -0.464 e. The van der Waals surface area contributed by atoms with Crippen LogP contribution in [-0.4, -0.2) is 54.8 Å². The van der Waals surface area contributed by atoms with Crippen LogP contribution in [0.4, 0.5) is 9.80 Å². The lowest BCUT2D eigenvalue weighted by Crippen LogP contribution is -2.27. The van der Waals surface area contributed by atoms with Crippen molar-refractivity contribution in [2.24, 2.45) is 0 Å². The molecule has 0 radical (unpaired) electrons. The van der Waals surface area contributed by atoms with E-state index in [4.69, 9.17) is 9.47 Å². The average molecular weight is 353 g/mol. The minimum atomic E-state index is -0.625. The van der Waals surface area contributed by atoms with Crippen molar-refractivity contribution in [2.75, 3.05) is 32.6 Å². The molecular formula is C16H23N3O4S. The molecule has 7 nitrogen and oxygen atoms in total. The second kappa shape index (κ2) is 7.31. The number of methoxy groups -OCH3 is 1. The molecule has 1 aliphatic rings. The molecule has 24 heavy (non-hydrogen) atoms. The molecule has 132 valence electrons. The van der Waals surface area contributed by atoms with Crippen LogP contribution >= 0.6 is 11.3 Å². The Morgan fingerprint density at radius 1 is 1.38 bits per heavy atom. The van der Waals surface area contributed by atoms with Crippen molar-refractivity contribution < 1.29 is 19.1 Å². The molecule has 2 rings (SSSR count). The number of esters is 1. The Hall–Kier alpha value is -1.93. The van der Waals surface area contributed by atoms with Crippen molar-refractivity contribution >= 4 is 34.0 Å². The highest BCUT2D eigenvalue weighted by molar-refractivity contribution is 7.17. The normalized spacial score (nSPS) is 15.6. The van der Waals surface area contributed by atoms with Gasteiger partial charge >= 0.3 is 12.1 Å². The van der Waals surface area contributed by atoms with Gasteiger partial charge in [-0.3, -0.25) is 5.32 Å². The summed E-state index contributed by atoms with van der Waals surface area (Å²) in [7, 11) is 3.33. The second-order valence-electron chi connectivity index (χ2n) is 6.56. The molecule has 2 heterocycles. The van der Waals surface area contributed by atoms with Gasteiger partial charge in [0.25, 0.3) is 0 Å². The fraction of sp³-hybridized carbons (Fsp3) is 0.562. The zero-order chi connectivity index (χ0) is 17.9. The number of anilines is 1. The molecule has 1 aromatic rings. The van der Waals surface area contributed by atoms with Gasteiger partial charge in [0, 0.05) is 13.1 Å². The van der Waals surface area contributed by atoms with Crippen LogP contribution in [-0.2, 0) is 9.47 Å². The zero-order valence-electron chi connectivity index (χ0n) is 14.6. The third-order valence-corrected chi connectivity index (χ3v) is 4.35. The molecule has 1 amide bonds. The summed E-state index contributed by atoms with van der Waals surface area (Å²) < 4.78 is 10.00. The van der Waals surface area contributed by atoms with E-state index in [9.17, 15) is 9.59 Å². The third kappa shape index (κ3) is 4.78. The first-order valence-electron chi connectivity index (χ1n) is 7.66. The van der Waals surface area contributed by atoms with E-state index in [-0.39, 0.29) is 5.69 Å². The van der Waals surface area contributed by atoms with Crippen LogP contribution in [0.3, 0.4) is 0 Å². The Morgan fingerprint density at radius 3 is 2.62 bits per heavy atom. The zero-order valence-corrected chi connectivity index (χ0v) is 15.5. The van der Waals surface area contributed by atoms with Gasteiger partial charge in [-0.15, -0.1) is 0 Å². The highest BCUT2D eigenvalue weighted by Crippen LogP contribution is 2.32. The molecule has 0 fully saturated rings. The van der Waals surface area contributed by atoms with E-state index < -0.39 is 17.7 Å². The lowest BCUT2D eigenvalue weighted by molar-refractivity contribution is 0.0596. The van der Waals surface area contributed by atoms with Crippen LogP contribution in [0.2, 0.25) is 0 Å². The van der Waals surface area contributed by atoms with Crippen LogP contribution in [0.5, 0.6) is 0 Å². The van der Waals surface area contributed by atoms with Crippen molar-refractivity contribution in [3.05, 3.63) is 16.8 Å². The number of rotatable bonds is 3. The van der Waals surface area contributed by atoms with E-state index in [1.165, 1.54) is 18.4 Å². The van der Waals surface area contributed by atoms with E-state index in [0.29, 0.717) is 5.00 Å². The Balaban J connectivity index is 2.26. The summed E-state index contributed by atoms with van der Waals surface area (Å²) >= 11 is 1.25. The number of nitrogens with zero attached hydrogens (tertiary/aromatic N) is 2. The van der Waals surface area contributed by atoms with Crippen molar-refractivity contribution in [2.45, 2.75) is 32.8 Å². The summed E-state index contributed by atoms with van der Waals surface area (Å²) in [6.07, 6.45) is 2.30. The number of carbonyl (C=O) groups is 2. The van der Waals surface area contributed by atoms with Gasteiger partial charge in [-0.2, -0.15) is 0 Å². The van der Waals surface area contributed by atoms with Crippen LogP contribution in [0.25, 0.3) is 5.57 Å². The quantitative estimate of drug-likeness (QED) is 0.842. The second-order valence-corrected chi connectivity index (χ2v) is 7.56. The van der Waals surface area contributed by atoms with Gasteiger partial charge in [-0.25, -0.2) is 14.6 Å². The lowest BCUT2D eigenvalue weighted by atomic mass is 10.1. The molecule has 0 unspecified atom stereocenters. The number of hydrogen-bond acceptors (Lipinski definition) is 7. The molecule has 1 aliphatic heterocycles. The molecular weight excluding hydrogens is 330 g/mol. The number of carbonyl (C=O) groups excluding carboxylic acids is 2. The molecule has 0 aromatic carbocycles. The number of ether oxygens (including phenoxy) is 2. The predicted molar refractivity (Wildman–Crippen MR) is 93.4 cm³/mol. The highest BCUT2D eigenvalue weighted by Gasteiger charge is 2.25. The van der Waals surface area contributed by atoms with Gasteiger partial charge in [-0.05, 0) is 39.8 Å². The van der Waals surface area contributed by atoms with E-state index in [2.05, 4.69) is 21.3 Å². The maximum Gasteiger partial charge on any atom is 0.412 e. The predicted octanol–water partition coefficient (Wildman–Crippen LogP) is 3.00. The smallest absolute Gasteiger partial charge is 0.412 e. The van der Waals surface area contributed by atoms with E-state index in [1.807, 2.05) is 7.05 Å². The Kier molecular flexibility index (Phi) is 5.61. The van der Waals surface area contributed by atoms with Gasteiger partial charge in [-0.1, -0.05) is 17.4 Å². The van der Waals surface area contributed by atoms with Crippen LogP contribution in [0.1, 0.15) is 42.7 Å². The summed E-state index contributed by atoms with van der Waals surface area (Å²) in [4.78, 5) is 30.5. The minimum absolute atomic E-state index is 0.100. The Bertz CT molecular complexity index is 661. The fourth-order valence-corrected chi connectivity index (χ4v) is 3.15. The van der Waals surface area contributed by atoms with Crippen LogP contribution < -0.4 is 5.32 Å². The molecule has 1 N–H and O–H groups in total. The van der Waals surface area contributed by atoms with Crippen LogP contribution in [0.15, 0.2) is 6.08 Å². The first-order valence-corrected chi connectivity index (χ1v) is 8.48. The molecule has 0 spiro atoms. The maximum absolute atomic E-state index is 12.0. The number of likely N-dealkylation sites (N-methyl/N-ethyl adjacent to an activating group) is 1. The maximum atomic E-state index is 12.0. The first-order chi connectivity index (χ1) is 11.2. The number of hydrogen-bond donors (Lipinski definition) is 1. The van der Waals surface area contributed by atoms with Crippen molar-refractivity contribution in [1.29, 1.82) is 0 Å². The van der Waals surface area contributed by atoms with Gasteiger partial charge in [0.15, 0.2) is 5.69 Å². The van der Waals surface area contributed by atoms with E-state index in [1.54, 1.807) is 20.8 Å². The largest absolute Gasteiger partial charge is 0.464 e. The number of thiazole rings is 1. The molecule has 0 saturated heterocycles. The summed E-state index contributed by atoms with van der Waals surface area (Å²) in [5.74, 6) is -0.586. The average Bonchev–Trinajstić information content (AvgIpc) is 2.89. The number of nitrogens with one attached hydrogen (secondary N) is 1. The standard InChI is InChI=1S/C16H23N3O4S/c1-16(2,3)23-15(21)18-13-11(14(20)22-5)17-12(24-13)10-6-8-19(4)9-7-10/h6H,7-9H2,1-5H3,(H,18,21). The third-order valence-electron chi connectivity index (χ3n) is 3.31. The Labute approximate surface area is 145 Å². The van der Waals surface area contributed by atoms with Gasteiger partial charge in [0.05, 0.1) is 7.11 Å². The monoisotopic (exact) mass is 353 g/mol. The SMILES string of the molecule is COC(=O)c1nc(C2=CCN(C)CC2)sc1NC(=O)OC(C)(C)C. The fourth-order valence-electron chi connectivity index (χ4n) is 2.14. The molecule has 0 atom stereocenters. The topological polar surface area (TPSA) is 80.8 Å². The summed E-state index contributed by atoms with van der Waals surface area (Å²) in [5, 5.41) is 3.66. The molecule has 0 aliphatic carbocycles.